The fourth-order valence-electron chi connectivity index (χ4n) is 2.79. The maximum absolute atomic E-state index is 14.2. The number of allylic oxidation sites excluding steroid dienone is 2. The van der Waals surface area contributed by atoms with E-state index in [1.54, 1.807) is 0 Å². The van der Waals surface area contributed by atoms with Gasteiger partial charge < -0.3 is 0 Å². The van der Waals surface area contributed by atoms with E-state index >= 15 is 0 Å². The van der Waals surface area contributed by atoms with Crippen molar-refractivity contribution < 1.29 is 22.0 Å². The van der Waals surface area contributed by atoms with Gasteiger partial charge in [-0.05, 0) is 13.8 Å². The maximum Gasteiger partial charge on any atom is 0.435 e. The normalized spacial score (nSPS) is 27.4. The molecule has 0 aromatic carbocycles. The molecule has 0 aliphatic heterocycles. The van der Waals surface area contributed by atoms with Crippen molar-refractivity contribution in [3.8, 4) is 0 Å². The Morgan fingerprint density at radius 2 is 1.89 bits per heavy atom. The summed E-state index contributed by atoms with van der Waals surface area (Å²) < 4.78 is 68.0. The second-order valence-electron chi connectivity index (χ2n) is 5.21. The summed E-state index contributed by atoms with van der Waals surface area (Å²) in [7, 11) is 0. The predicted molar refractivity (Wildman–Crippen MR) is 56.9 cm³/mol. The van der Waals surface area contributed by atoms with Gasteiger partial charge in [0.2, 0.25) is 0 Å². The van der Waals surface area contributed by atoms with E-state index in [2.05, 4.69) is 5.10 Å². The van der Waals surface area contributed by atoms with Gasteiger partial charge in [0.25, 0.3) is 5.92 Å². The van der Waals surface area contributed by atoms with Crippen LogP contribution in [0.15, 0.2) is 12.2 Å². The minimum absolute atomic E-state index is 0.348. The lowest BCUT2D eigenvalue weighted by molar-refractivity contribution is -0.142. The standard InChI is InChI=1S/C12H11F5N2/c1-5(2)19-10-8(9(18-19)12(15,16)17)6-3-4-7(6)11(10,13)14/h3-7H,1-2H3/t6-,7+/m1/s1. The molecule has 104 valence electrons. The lowest BCUT2D eigenvalue weighted by atomic mass is 9.81. The largest absolute Gasteiger partial charge is 0.435 e. The third-order valence-electron chi connectivity index (χ3n) is 3.69. The van der Waals surface area contributed by atoms with Crippen molar-refractivity contribution in [1.29, 1.82) is 0 Å². The number of hydrogen-bond donors (Lipinski definition) is 0. The topological polar surface area (TPSA) is 17.8 Å². The quantitative estimate of drug-likeness (QED) is 0.563. The molecule has 0 bridgehead atoms. The second kappa shape index (κ2) is 3.37. The SMILES string of the molecule is CC(C)n1nc(C(F)(F)F)c2c1C(F)(F)[C@H]1C=C[C@@H]21. The first kappa shape index (κ1) is 12.6. The van der Waals surface area contributed by atoms with E-state index in [4.69, 9.17) is 0 Å². The zero-order chi connectivity index (χ0) is 14.2. The highest BCUT2D eigenvalue weighted by molar-refractivity contribution is 5.49. The van der Waals surface area contributed by atoms with Crippen LogP contribution in [0.25, 0.3) is 0 Å². The fraction of sp³-hybridized carbons (Fsp3) is 0.583. The van der Waals surface area contributed by atoms with Crippen LogP contribution in [-0.4, -0.2) is 9.78 Å². The second-order valence-corrected chi connectivity index (χ2v) is 5.21. The molecule has 3 rings (SSSR count). The summed E-state index contributed by atoms with van der Waals surface area (Å²) in [6, 6.07) is -0.548. The summed E-state index contributed by atoms with van der Waals surface area (Å²) in [5.74, 6) is -5.31. The highest BCUT2D eigenvalue weighted by Crippen LogP contribution is 2.60. The van der Waals surface area contributed by atoms with Crippen molar-refractivity contribution >= 4 is 0 Å². The van der Waals surface area contributed by atoms with Crippen molar-refractivity contribution in [3.63, 3.8) is 0 Å². The Labute approximate surface area is 105 Å². The molecule has 0 fully saturated rings. The minimum Gasteiger partial charge on any atom is -0.260 e. The molecular formula is C12H11F5N2. The molecule has 2 aliphatic rings. The predicted octanol–water partition coefficient (Wildman–Crippen LogP) is 3.86. The number of rotatable bonds is 1. The molecule has 0 unspecified atom stereocenters. The molecule has 0 spiro atoms. The Morgan fingerprint density at radius 1 is 1.26 bits per heavy atom. The van der Waals surface area contributed by atoms with E-state index in [1.165, 1.54) is 26.0 Å². The zero-order valence-corrected chi connectivity index (χ0v) is 10.2. The average molecular weight is 278 g/mol. The molecule has 19 heavy (non-hydrogen) atoms. The van der Waals surface area contributed by atoms with Crippen molar-refractivity contribution in [2.75, 3.05) is 0 Å². The molecule has 1 aromatic heterocycles. The number of hydrogen-bond acceptors (Lipinski definition) is 1. The Bertz CT molecular complexity index is 567. The Balaban J connectivity index is 2.29. The summed E-state index contributed by atoms with van der Waals surface area (Å²) >= 11 is 0. The molecule has 2 aliphatic carbocycles. The van der Waals surface area contributed by atoms with Gasteiger partial charge in [0.1, 0.15) is 5.69 Å². The van der Waals surface area contributed by atoms with E-state index in [9.17, 15) is 22.0 Å². The molecule has 0 amide bonds. The van der Waals surface area contributed by atoms with Gasteiger partial charge in [-0.15, -0.1) is 0 Å². The number of fused-ring (bicyclic) bond motifs is 3. The van der Waals surface area contributed by atoms with Crippen LogP contribution in [0.3, 0.4) is 0 Å². The molecule has 1 heterocycles. The van der Waals surface area contributed by atoms with Gasteiger partial charge in [-0.25, -0.2) is 0 Å². The van der Waals surface area contributed by atoms with Gasteiger partial charge in [-0.2, -0.15) is 27.1 Å². The van der Waals surface area contributed by atoms with Crippen molar-refractivity contribution in [2.24, 2.45) is 5.92 Å². The molecule has 2 nitrogen and oxygen atoms in total. The average Bonchev–Trinajstić information content (AvgIpc) is 2.59. The van der Waals surface area contributed by atoms with Gasteiger partial charge in [0.05, 0.1) is 5.92 Å². The smallest absolute Gasteiger partial charge is 0.260 e. The van der Waals surface area contributed by atoms with E-state index in [-0.39, 0.29) is 5.56 Å². The van der Waals surface area contributed by atoms with Crippen LogP contribution in [0.2, 0.25) is 0 Å². The van der Waals surface area contributed by atoms with Gasteiger partial charge in [-0.3, -0.25) is 4.68 Å². The molecule has 0 saturated heterocycles. The first-order chi connectivity index (χ1) is 8.65. The molecule has 1 aromatic rings. The Morgan fingerprint density at radius 3 is 2.32 bits per heavy atom. The van der Waals surface area contributed by atoms with Gasteiger partial charge in [0, 0.05) is 17.5 Å². The van der Waals surface area contributed by atoms with E-state index in [1.807, 2.05) is 0 Å². The molecular weight excluding hydrogens is 267 g/mol. The minimum atomic E-state index is -4.71. The third kappa shape index (κ3) is 1.44. The summed E-state index contributed by atoms with van der Waals surface area (Å²) in [4.78, 5) is 0. The summed E-state index contributed by atoms with van der Waals surface area (Å²) in [5.41, 5.74) is -2.10. The molecule has 0 saturated carbocycles. The highest BCUT2D eigenvalue weighted by atomic mass is 19.4. The van der Waals surface area contributed by atoms with Crippen LogP contribution in [0, 0.1) is 5.92 Å². The van der Waals surface area contributed by atoms with Crippen LogP contribution >= 0.6 is 0 Å². The maximum atomic E-state index is 14.2. The van der Waals surface area contributed by atoms with Crippen molar-refractivity contribution in [3.05, 3.63) is 29.1 Å². The highest BCUT2D eigenvalue weighted by Gasteiger charge is 2.61. The Hall–Kier alpha value is -1.40. The Kier molecular flexibility index (Phi) is 2.24. The number of halogens is 5. The van der Waals surface area contributed by atoms with Crippen LogP contribution < -0.4 is 0 Å². The molecule has 7 heteroatoms. The summed E-state index contributed by atoms with van der Waals surface area (Å²) in [6.45, 7) is 3.08. The lowest BCUT2D eigenvalue weighted by Gasteiger charge is -2.28. The lowest BCUT2D eigenvalue weighted by Crippen LogP contribution is -2.29. The zero-order valence-electron chi connectivity index (χ0n) is 10.2. The molecule has 2 atom stereocenters. The molecule has 0 radical (unpaired) electrons. The van der Waals surface area contributed by atoms with Crippen LogP contribution in [-0.2, 0) is 12.1 Å². The van der Waals surface area contributed by atoms with Crippen molar-refractivity contribution in [1.82, 2.24) is 9.78 Å². The third-order valence-corrected chi connectivity index (χ3v) is 3.69. The first-order valence-electron chi connectivity index (χ1n) is 5.92. The summed E-state index contributed by atoms with van der Waals surface area (Å²) in [6.07, 6.45) is -2.04. The number of alkyl halides is 5. The van der Waals surface area contributed by atoms with Crippen LogP contribution in [0.4, 0.5) is 22.0 Å². The van der Waals surface area contributed by atoms with Gasteiger partial charge >= 0.3 is 6.18 Å². The first-order valence-corrected chi connectivity index (χ1v) is 5.92. The van der Waals surface area contributed by atoms with E-state index in [0.29, 0.717) is 0 Å². The van der Waals surface area contributed by atoms with Gasteiger partial charge in [-0.1, -0.05) is 12.2 Å². The fourth-order valence-corrected chi connectivity index (χ4v) is 2.79. The number of nitrogens with zero attached hydrogens (tertiary/aromatic N) is 2. The summed E-state index contributed by atoms with van der Waals surface area (Å²) in [5, 5.41) is 3.39. The van der Waals surface area contributed by atoms with E-state index in [0.717, 1.165) is 4.68 Å². The van der Waals surface area contributed by atoms with Gasteiger partial charge in [0.15, 0.2) is 5.69 Å². The molecule has 0 N–H and O–H groups in total. The number of aromatic nitrogens is 2. The van der Waals surface area contributed by atoms with Crippen LogP contribution in [0.1, 0.15) is 42.8 Å². The monoisotopic (exact) mass is 278 g/mol. The van der Waals surface area contributed by atoms with Crippen LogP contribution in [0.5, 0.6) is 0 Å². The van der Waals surface area contributed by atoms with Crippen molar-refractivity contribution in [2.45, 2.75) is 37.9 Å². The van der Waals surface area contributed by atoms with E-state index < -0.39 is 41.4 Å².